The molecule has 4 heteroatoms. The molecule has 0 unspecified atom stereocenters. The summed E-state index contributed by atoms with van der Waals surface area (Å²) >= 11 is 0. The van der Waals surface area contributed by atoms with Gasteiger partial charge in [-0.2, -0.15) is 0 Å². The van der Waals surface area contributed by atoms with Crippen molar-refractivity contribution in [1.29, 1.82) is 0 Å². The number of ether oxygens (including phenoxy) is 2. The SMILES string of the molecule is COc1ccc(N=Cc2cc(C=Nc3ccc(OC)cc3)cc(C(C)(C)C)c2)cc1. The van der Waals surface area contributed by atoms with Crippen LogP contribution in [0.25, 0.3) is 0 Å². The second-order valence-electron chi connectivity index (χ2n) is 8.05. The van der Waals surface area contributed by atoms with Crippen molar-refractivity contribution in [3.8, 4) is 11.5 Å². The minimum atomic E-state index is 0.0205. The first kappa shape index (κ1) is 21.3. The van der Waals surface area contributed by atoms with E-state index in [0.717, 1.165) is 34.0 Å². The molecule has 30 heavy (non-hydrogen) atoms. The molecule has 154 valence electrons. The third-order valence-corrected chi connectivity index (χ3v) is 4.71. The Morgan fingerprint density at radius 3 is 1.37 bits per heavy atom. The highest BCUT2D eigenvalue weighted by molar-refractivity contribution is 5.88. The van der Waals surface area contributed by atoms with Crippen LogP contribution >= 0.6 is 0 Å². The molecule has 3 rings (SSSR count). The Morgan fingerprint density at radius 2 is 1.03 bits per heavy atom. The number of hydrogen-bond donors (Lipinski definition) is 0. The van der Waals surface area contributed by atoms with Gasteiger partial charge in [0.2, 0.25) is 0 Å². The number of methoxy groups -OCH3 is 2. The van der Waals surface area contributed by atoms with Crippen LogP contribution in [0.15, 0.2) is 76.7 Å². The molecule has 0 N–H and O–H groups in total. The van der Waals surface area contributed by atoms with E-state index >= 15 is 0 Å². The monoisotopic (exact) mass is 400 g/mol. The molecule has 0 radical (unpaired) electrons. The Labute approximate surface area is 178 Å². The molecule has 3 aromatic carbocycles. The van der Waals surface area contributed by atoms with Crippen molar-refractivity contribution in [2.75, 3.05) is 14.2 Å². The van der Waals surface area contributed by atoms with Crippen LogP contribution in [0.3, 0.4) is 0 Å². The average Bonchev–Trinajstić information content (AvgIpc) is 2.76. The van der Waals surface area contributed by atoms with Gasteiger partial charge in [-0.05, 0) is 88.8 Å². The molecular weight excluding hydrogens is 372 g/mol. The summed E-state index contributed by atoms with van der Waals surface area (Å²) in [5, 5.41) is 0. The first-order valence-electron chi connectivity index (χ1n) is 9.89. The molecule has 3 aromatic rings. The lowest BCUT2D eigenvalue weighted by atomic mass is 9.85. The van der Waals surface area contributed by atoms with E-state index in [1.807, 2.05) is 61.0 Å². The molecule has 0 saturated carbocycles. The first-order chi connectivity index (χ1) is 14.4. The molecule has 0 aromatic heterocycles. The Kier molecular flexibility index (Phi) is 6.68. The minimum absolute atomic E-state index is 0.0205. The maximum atomic E-state index is 5.20. The zero-order valence-corrected chi connectivity index (χ0v) is 18.2. The van der Waals surface area contributed by atoms with Crippen molar-refractivity contribution in [3.05, 3.63) is 83.4 Å². The molecule has 0 spiro atoms. The van der Waals surface area contributed by atoms with Gasteiger partial charge < -0.3 is 9.47 Å². The van der Waals surface area contributed by atoms with Crippen LogP contribution in [0.5, 0.6) is 11.5 Å². The van der Waals surface area contributed by atoms with Crippen molar-refractivity contribution in [2.45, 2.75) is 26.2 Å². The summed E-state index contributed by atoms with van der Waals surface area (Å²) in [7, 11) is 3.32. The van der Waals surface area contributed by atoms with Crippen LogP contribution < -0.4 is 9.47 Å². The van der Waals surface area contributed by atoms with Crippen LogP contribution in [-0.4, -0.2) is 26.6 Å². The topological polar surface area (TPSA) is 43.2 Å². The van der Waals surface area contributed by atoms with Gasteiger partial charge in [0.25, 0.3) is 0 Å². The summed E-state index contributed by atoms with van der Waals surface area (Å²) in [6.07, 6.45) is 3.78. The smallest absolute Gasteiger partial charge is 0.119 e. The van der Waals surface area contributed by atoms with E-state index < -0.39 is 0 Å². The maximum absolute atomic E-state index is 5.20. The third-order valence-electron chi connectivity index (χ3n) is 4.71. The molecule has 0 bridgehead atoms. The Balaban J connectivity index is 1.88. The van der Waals surface area contributed by atoms with E-state index in [0.29, 0.717) is 0 Å². The number of aliphatic imine (C=N–C) groups is 2. The average molecular weight is 401 g/mol. The molecule has 0 fully saturated rings. The number of benzene rings is 3. The van der Waals surface area contributed by atoms with Gasteiger partial charge in [-0.15, -0.1) is 0 Å². The third kappa shape index (κ3) is 5.80. The van der Waals surface area contributed by atoms with Gasteiger partial charge in [-0.25, -0.2) is 0 Å². The van der Waals surface area contributed by atoms with E-state index in [4.69, 9.17) is 9.47 Å². The molecule has 0 heterocycles. The highest BCUT2D eigenvalue weighted by Gasteiger charge is 2.14. The molecule has 0 atom stereocenters. The Hall–Kier alpha value is -3.40. The molecule has 0 aliphatic heterocycles. The van der Waals surface area contributed by atoms with E-state index in [2.05, 4.69) is 49.0 Å². The lowest BCUT2D eigenvalue weighted by Gasteiger charge is -2.20. The molecule has 0 aliphatic rings. The van der Waals surface area contributed by atoms with Gasteiger partial charge >= 0.3 is 0 Å². The Morgan fingerprint density at radius 1 is 0.633 bits per heavy atom. The molecule has 0 amide bonds. The van der Waals surface area contributed by atoms with Gasteiger partial charge in [-0.1, -0.05) is 20.8 Å². The van der Waals surface area contributed by atoms with Crippen molar-refractivity contribution < 1.29 is 9.47 Å². The summed E-state index contributed by atoms with van der Waals surface area (Å²) in [6, 6.07) is 21.8. The normalized spacial score (nSPS) is 11.9. The largest absolute Gasteiger partial charge is 0.497 e. The van der Waals surface area contributed by atoms with Crippen LogP contribution in [0.4, 0.5) is 11.4 Å². The fourth-order valence-corrected chi connectivity index (χ4v) is 2.89. The van der Waals surface area contributed by atoms with Crippen molar-refractivity contribution in [2.24, 2.45) is 9.98 Å². The highest BCUT2D eigenvalue weighted by Crippen LogP contribution is 2.25. The highest BCUT2D eigenvalue weighted by atomic mass is 16.5. The van der Waals surface area contributed by atoms with E-state index in [1.165, 1.54) is 5.56 Å². The summed E-state index contributed by atoms with van der Waals surface area (Å²) in [4.78, 5) is 9.23. The summed E-state index contributed by atoms with van der Waals surface area (Å²) in [6.45, 7) is 6.62. The summed E-state index contributed by atoms with van der Waals surface area (Å²) in [5.74, 6) is 1.64. The zero-order valence-electron chi connectivity index (χ0n) is 18.2. The lowest BCUT2D eigenvalue weighted by molar-refractivity contribution is 0.415. The number of hydrogen-bond acceptors (Lipinski definition) is 4. The van der Waals surface area contributed by atoms with Crippen molar-refractivity contribution in [3.63, 3.8) is 0 Å². The maximum Gasteiger partial charge on any atom is 0.119 e. The van der Waals surface area contributed by atoms with E-state index in [-0.39, 0.29) is 5.41 Å². The molecule has 4 nitrogen and oxygen atoms in total. The standard InChI is InChI=1S/C26H28N2O2/c1-26(2,3)21-15-19(17-27-22-6-10-24(29-4)11-7-22)14-20(16-21)18-28-23-8-12-25(30-5)13-9-23/h6-18H,1-5H3. The predicted molar refractivity (Wildman–Crippen MR) is 126 cm³/mol. The lowest BCUT2D eigenvalue weighted by Crippen LogP contribution is -2.12. The van der Waals surface area contributed by atoms with E-state index in [9.17, 15) is 0 Å². The zero-order chi connectivity index (χ0) is 21.6. The van der Waals surface area contributed by atoms with E-state index in [1.54, 1.807) is 14.2 Å². The van der Waals surface area contributed by atoms with Crippen LogP contribution in [0, 0.1) is 0 Å². The van der Waals surface area contributed by atoms with Gasteiger partial charge in [0.1, 0.15) is 11.5 Å². The quantitative estimate of drug-likeness (QED) is 0.443. The number of nitrogens with zero attached hydrogens (tertiary/aromatic N) is 2. The Bertz CT molecular complexity index is 952. The summed E-state index contributed by atoms with van der Waals surface area (Å²) in [5.41, 5.74) is 5.09. The second kappa shape index (κ2) is 9.40. The van der Waals surface area contributed by atoms with Gasteiger partial charge in [0.05, 0.1) is 25.6 Å². The number of rotatable bonds is 6. The van der Waals surface area contributed by atoms with Gasteiger partial charge in [0.15, 0.2) is 0 Å². The molecular formula is C26H28N2O2. The van der Waals surface area contributed by atoms with Crippen LogP contribution in [-0.2, 0) is 5.41 Å². The van der Waals surface area contributed by atoms with Crippen LogP contribution in [0.1, 0.15) is 37.5 Å². The fraction of sp³-hybridized carbons (Fsp3) is 0.231. The molecule has 0 saturated heterocycles. The first-order valence-corrected chi connectivity index (χ1v) is 9.89. The van der Waals surface area contributed by atoms with Crippen LogP contribution in [0.2, 0.25) is 0 Å². The van der Waals surface area contributed by atoms with Crippen molar-refractivity contribution >= 4 is 23.8 Å². The minimum Gasteiger partial charge on any atom is -0.497 e. The fourth-order valence-electron chi connectivity index (χ4n) is 2.89. The molecule has 0 aliphatic carbocycles. The van der Waals surface area contributed by atoms with Gasteiger partial charge in [0, 0.05) is 12.4 Å². The predicted octanol–water partition coefficient (Wildman–Crippen LogP) is 6.50. The second-order valence-corrected chi connectivity index (χ2v) is 8.05. The van der Waals surface area contributed by atoms with Crippen molar-refractivity contribution in [1.82, 2.24) is 0 Å². The van der Waals surface area contributed by atoms with Gasteiger partial charge in [-0.3, -0.25) is 9.98 Å². The summed E-state index contributed by atoms with van der Waals surface area (Å²) < 4.78 is 10.4.